The van der Waals surface area contributed by atoms with Crippen LogP contribution in [-0.2, 0) is 19.4 Å². The molecule has 1 aliphatic carbocycles. The molecule has 1 fully saturated rings. The first kappa shape index (κ1) is 14.9. The highest BCUT2D eigenvalue weighted by atomic mass is 35.5. The molecule has 1 aliphatic rings. The molecule has 108 valence electrons. The fourth-order valence-electron chi connectivity index (χ4n) is 3.33. The molecule has 0 radical (unpaired) electrons. The van der Waals surface area contributed by atoms with Gasteiger partial charge in [-0.15, -0.1) is 0 Å². The van der Waals surface area contributed by atoms with E-state index in [1.807, 2.05) is 0 Å². The summed E-state index contributed by atoms with van der Waals surface area (Å²) in [4.78, 5) is 0. The van der Waals surface area contributed by atoms with Gasteiger partial charge in [0.2, 0.25) is 0 Å². The smallest absolute Gasteiger partial charge is 0.0849 e. The molecule has 0 saturated heterocycles. The number of aryl methyl sites for hydroxylation is 2. The van der Waals surface area contributed by atoms with Crippen molar-refractivity contribution in [3.8, 4) is 0 Å². The van der Waals surface area contributed by atoms with Gasteiger partial charge in [-0.1, -0.05) is 44.2 Å². The van der Waals surface area contributed by atoms with Crippen molar-refractivity contribution >= 4 is 11.6 Å². The van der Waals surface area contributed by atoms with Crippen LogP contribution in [0.15, 0.2) is 0 Å². The van der Waals surface area contributed by atoms with Gasteiger partial charge in [-0.25, -0.2) is 0 Å². The van der Waals surface area contributed by atoms with Gasteiger partial charge < -0.3 is 5.73 Å². The van der Waals surface area contributed by atoms with Crippen molar-refractivity contribution < 1.29 is 0 Å². The Balaban J connectivity index is 2.18. The van der Waals surface area contributed by atoms with E-state index in [0.29, 0.717) is 5.92 Å². The van der Waals surface area contributed by atoms with Crippen molar-refractivity contribution in [1.82, 2.24) is 9.78 Å². The zero-order valence-electron chi connectivity index (χ0n) is 12.2. The van der Waals surface area contributed by atoms with Gasteiger partial charge in [-0.2, -0.15) is 5.10 Å². The molecule has 0 aromatic carbocycles. The van der Waals surface area contributed by atoms with Crippen LogP contribution in [0.1, 0.15) is 50.9 Å². The van der Waals surface area contributed by atoms with Gasteiger partial charge >= 0.3 is 0 Å². The molecule has 19 heavy (non-hydrogen) atoms. The lowest BCUT2D eigenvalue weighted by Gasteiger charge is -2.22. The van der Waals surface area contributed by atoms with Crippen LogP contribution < -0.4 is 5.73 Å². The molecule has 1 saturated carbocycles. The number of halogens is 1. The van der Waals surface area contributed by atoms with E-state index in [2.05, 4.69) is 23.6 Å². The molecule has 1 atom stereocenters. The fraction of sp³-hybridized carbons (Fsp3) is 0.800. The Hall–Kier alpha value is -0.540. The lowest BCUT2D eigenvalue weighted by molar-refractivity contribution is 0.337. The van der Waals surface area contributed by atoms with Crippen molar-refractivity contribution in [3.05, 3.63) is 16.4 Å². The van der Waals surface area contributed by atoms with Crippen LogP contribution in [0.25, 0.3) is 0 Å². The van der Waals surface area contributed by atoms with E-state index < -0.39 is 0 Å². The van der Waals surface area contributed by atoms with E-state index in [1.54, 1.807) is 0 Å². The highest BCUT2D eigenvalue weighted by molar-refractivity contribution is 6.31. The maximum absolute atomic E-state index is 6.49. The minimum Gasteiger partial charge on any atom is -0.330 e. The first-order valence-electron chi connectivity index (χ1n) is 7.65. The van der Waals surface area contributed by atoms with E-state index >= 15 is 0 Å². The molecule has 0 spiro atoms. The fourth-order valence-corrected chi connectivity index (χ4v) is 3.68. The zero-order valence-corrected chi connectivity index (χ0v) is 12.9. The molecular formula is C15H26ClN3. The molecule has 4 heteroatoms. The van der Waals surface area contributed by atoms with Crippen LogP contribution in [-0.4, -0.2) is 16.3 Å². The monoisotopic (exact) mass is 283 g/mol. The molecule has 1 aromatic heterocycles. The Bertz CT molecular complexity index is 408. The molecule has 0 bridgehead atoms. The minimum atomic E-state index is 0.562. The summed E-state index contributed by atoms with van der Waals surface area (Å²) in [5, 5.41) is 5.48. The largest absolute Gasteiger partial charge is 0.330 e. The van der Waals surface area contributed by atoms with Crippen LogP contribution in [0.3, 0.4) is 0 Å². The molecule has 1 unspecified atom stereocenters. The molecule has 1 heterocycles. The number of hydrogen-bond acceptors (Lipinski definition) is 2. The summed E-state index contributed by atoms with van der Waals surface area (Å²) in [6.07, 6.45) is 7.28. The second kappa shape index (κ2) is 6.76. The lowest BCUT2D eigenvalue weighted by Crippen LogP contribution is -2.25. The first-order chi connectivity index (χ1) is 9.21. The van der Waals surface area contributed by atoms with Crippen molar-refractivity contribution in [3.63, 3.8) is 0 Å². The Morgan fingerprint density at radius 3 is 2.58 bits per heavy atom. The second-order valence-corrected chi connectivity index (χ2v) is 6.00. The average molecular weight is 284 g/mol. The van der Waals surface area contributed by atoms with Gasteiger partial charge in [0.1, 0.15) is 0 Å². The predicted octanol–water partition coefficient (Wildman–Crippen LogP) is 3.43. The van der Waals surface area contributed by atoms with Gasteiger partial charge in [0.05, 0.1) is 16.4 Å². The molecule has 3 nitrogen and oxygen atoms in total. The molecule has 0 aliphatic heterocycles. The Kier molecular flexibility index (Phi) is 5.28. The molecule has 1 aromatic rings. The minimum absolute atomic E-state index is 0.562. The van der Waals surface area contributed by atoms with E-state index in [-0.39, 0.29) is 0 Å². The van der Waals surface area contributed by atoms with Gasteiger partial charge in [-0.05, 0) is 38.1 Å². The number of nitrogens with zero attached hydrogens (tertiary/aromatic N) is 2. The first-order valence-corrected chi connectivity index (χ1v) is 8.03. The van der Waals surface area contributed by atoms with Crippen LogP contribution in [0.2, 0.25) is 5.02 Å². The van der Waals surface area contributed by atoms with Crippen molar-refractivity contribution in [1.29, 1.82) is 0 Å². The van der Waals surface area contributed by atoms with Gasteiger partial charge in [0, 0.05) is 6.54 Å². The highest BCUT2D eigenvalue weighted by Gasteiger charge is 2.26. The van der Waals surface area contributed by atoms with Crippen molar-refractivity contribution in [2.75, 3.05) is 6.54 Å². The predicted molar refractivity (Wildman–Crippen MR) is 80.5 cm³/mol. The normalized spacial score (nSPS) is 18.1. The van der Waals surface area contributed by atoms with Gasteiger partial charge in [-0.3, -0.25) is 4.68 Å². The summed E-state index contributed by atoms with van der Waals surface area (Å²) in [5.74, 6) is 1.35. The lowest BCUT2D eigenvalue weighted by atomic mass is 9.87. The summed E-state index contributed by atoms with van der Waals surface area (Å²) in [7, 11) is 0. The van der Waals surface area contributed by atoms with Crippen LogP contribution >= 0.6 is 11.6 Å². The number of rotatable bonds is 6. The van der Waals surface area contributed by atoms with Crippen molar-refractivity contribution in [2.45, 2.75) is 58.9 Å². The maximum atomic E-state index is 6.49. The Morgan fingerprint density at radius 1 is 1.37 bits per heavy atom. The molecule has 2 N–H and O–H groups in total. The van der Waals surface area contributed by atoms with E-state index in [4.69, 9.17) is 17.3 Å². The third kappa shape index (κ3) is 3.14. The van der Waals surface area contributed by atoms with Gasteiger partial charge in [0.25, 0.3) is 0 Å². The summed E-state index contributed by atoms with van der Waals surface area (Å²) in [6.45, 7) is 5.88. The topological polar surface area (TPSA) is 43.8 Å². The zero-order chi connectivity index (χ0) is 13.8. The Morgan fingerprint density at radius 2 is 2.05 bits per heavy atom. The van der Waals surface area contributed by atoms with Crippen LogP contribution in [0.5, 0.6) is 0 Å². The SMILES string of the molecule is CCc1nn(CC)c(CC(CN)C2CCCC2)c1Cl. The standard InChI is InChI=1S/C15H26ClN3/c1-3-13-15(16)14(19(4-2)18-13)9-12(10-17)11-7-5-6-8-11/h11-12H,3-10,17H2,1-2H3. The molecule has 2 rings (SSSR count). The summed E-state index contributed by atoms with van der Waals surface area (Å²) in [6, 6.07) is 0. The number of nitrogens with two attached hydrogens (primary N) is 1. The van der Waals surface area contributed by atoms with E-state index in [0.717, 1.165) is 42.6 Å². The highest BCUT2D eigenvalue weighted by Crippen LogP contribution is 2.34. The summed E-state index contributed by atoms with van der Waals surface area (Å²) in [5.41, 5.74) is 8.23. The van der Waals surface area contributed by atoms with Gasteiger partial charge in [0.15, 0.2) is 0 Å². The molecular weight excluding hydrogens is 258 g/mol. The Labute approximate surface area is 121 Å². The van der Waals surface area contributed by atoms with Crippen LogP contribution in [0, 0.1) is 11.8 Å². The second-order valence-electron chi connectivity index (χ2n) is 5.62. The average Bonchev–Trinajstić information content (AvgIpc) is 3.04. The summed E-state index contributed by atoms with van der Waals surface area (Å²) < 4.78 is 2.07. The van der Waals surface area contributed by atoms with Crippen molar-refractivity contribution in [2.24, 2.45) is 17.6 Å². The third-order valence-electron chi connectivity index (χ3n) is 4.52. The summed E-state index contributed by atoms with van der Waals surface area (Å²) >= 11 is 6.49. The number of aromatic nitrogens is 2. The van der Waals surface area contributed by atoms with E-state index in [1.165, 1.54) is 31.4 Å². The number of hydrogen-bond donors (Lipinski definition) is 1. The van der Waals surface area contributed by atoms with Crippen LogP contribution in [0.4, 0.5) is 0 Å². The maximum Gasteiger partial charge on any atom is 0.0849 e. The molecule has 0 amide bonds. The quantitative estimate of drug-likeness (QED) is 0.869. The van der Waals surface area contributed by atoms with E-state index in [9.17, 15) is 0 Å². The third-order valence-corrected chi connectivity index (χ3v) is 4.96.